The summed E-state index contributed by atoms with van der Waals surface area (Å²) in [6, 6.07) is 6.45. The molecule has 0 atom stereocenters. The maximum absolute atomic E-state index is 12.2. The lowest BCUT2D eigenvalue weighted by Gasteiger charge is -2.08. The zero-order valence-corrected chi connectivity index (χ0v) is 17.3. The quantitative estimate of drug-likeness (QED) is 0.343. The molecule has 0 fully saturated rings. The zero-order valence-electron chi connectivity index (χ0n) is 16.5. The number of fused-ring (bicyclic) bond motifs is 1. The van der Waals surface area contributed by atoms with Crippen LogP contribution in [0.25, 0.3) is 11.2 Å². The fourth-order valence-corrected chi connectivity index (χ4v) is 3.81. The standard InChI is InChI=1S/C18H22N6O5S/c1-11-3-5-12(6-4-11)30(28,29)20-10-9-19-14(25)8-7-13-21-15-16(22-13)24(2)18(27)23-17(15)26/h3-6,20H,7-10H2,1-2H3,(H,19,25)(H,21,22)(H,23,26,27). The van der Waals surface area contributed by atoms with Crippen LogP contribution in [0.15, 0.2) is 38.8 Å². The lowest BCUT2D eigenvalue weighted by atomic mass is 10.2. The van der Waals surface area contributed by atoms with Gasteiger partial charge < -0.3 is 10.3 Å². The van der Waals surface area contributed by atoms with Crippen molar-refractivity contribution in [3.8, 4) is 0 Å². The highest BCUT2D eigenvalue weighted by molar-refractivity contribution is 7.89. The van der Waals surface area contributed by atoms with Crippen molar-refractivity contribution in [3.63, 3.8) is 0 Å². The Morgan fingerprint density at radius 3 is 2.53 bits per heavy atom. The minimum atomic E-state index is -3.63. The predicted octanol–water partition coefficient (Wildman–Crippen LogP) is -0.714. The molecule has 0 spiro atoms. The number of sulfonamides is 1. The number of aromatic amines is 2. The Bertz CT molecular complexity index is 1290. The van der Waals surface area contributed by atoms with Crippen molar-refractivity contribution in [3.05, 3.63) is 56.5 Å². The highest BCUT2D eigenvalue weighted by Gasteiger charge is 2.14. The molecule has 30 heavy (non-hydrogen) atoms. The summed E-state index contributed by atoms with van der Waals surface area (Å²) in [5, 5.41) is 2.62. The molecule has 0 radical (unpaired) electrons. The summed E-state index contributed by atoms with van der Waals surface area (Å²) in [5.74, 6) is 0.0970. The Hall–Kier alpha value is -3.25. The summed E-state index contributed by atoms with van der Waals surface area (Å²) >= 11 is 0. The van der Waals surface area contributed by atoms with Gasteiger partial charge in [-0.2, -0.15) is 0 Å². The van der Waals surface area contributed by atoms with Crippen LogP contribution in [0.4, 0.5) is 0 Å². The maximum Gasteiger partial charge on any atom is 0.329 e. The maximum atomic E-state index is 12.2. The predicted molar refractivity (Wildman–Crippen MR) is 110 cm³/mol. The van der Waals surface area contributed by atoms with Crippen molar-refractivity contribution in [2.24, 2.45) is 7.05 Å². The topological polar surface area (TPSA) is 159 Å². The highest BCUT2D eigenvalue weighted by Crippen LogP contribution is 2.09. The molecule has 0 unspecified atom stereocenters. The molecule has 3 aromatic rings. The van der Waals surface area contributed by atoms with Crippen molar-refractivity contribution in [2.45, 2.75) is 24.7 Å². The largest absolute Gasteiger partial charge is 0.355 e. The molecule has 0 saturated carbocycles. The molecule has 1 amide bonds. The van der Waals surface area contributed by atoms with E-state index in [2.05, 4.69) is 25.0 Å². The zero-order chi connectivity index (χ0) is 21.9. The molecule has 2 heterocycles. The monoisotopic (exact) mass is 434 g/mol. The smallest absolute Gasteiger partial charge is 0.329 e. The van der Waals surface area contributed by atoms with E-state index >= 15 is 0 Å². The summed E-state index contributed by atoms with van der Waals surface area (Å²) in [6.07, 6.45) is 0.305. The van der Waals surface area contributed by atoms with Gasteiger partial charge in [-0.15, -0.1) is 0 Å². The first-order valence-electron chi connectivity index (χ1n) is 9.18. The third-order valence-corrected chi connectivity index (χ3v) is 5.94. The molecule has 3 rings (SSSR count). The number of carbonyl (C=O) groups excluding carboxylic acids is 1. The van der Waals surface area contributed by atoms with Gasteiger partial charge in [-0.25, -0.2) is 22.9 Å². The van der Waals surface area contributed by atoms with Crippen LogP contribution in [-0.4, -0.2) is 46.9 Å². The summed E-state index contributed by atoms with van der Waals surface area (Å²) < 4.78 is 28.0. The lowest BCUT2D eigenvalue weighted by molar-refractivity contribution is -0.121. The molecule has 2 aromatic heterocycles. The molecule has 160 valence electrons. The number of hydrogen-bond acceptors (Lipinski definition) is 6. The minimum Gasteiger partial charge on any atom is -0.355 e. The number of H-pyrrole nitrogens is 2. The first kappa shape index (κ1) is 21.5. The summed E-state index contributed by atoms with van der Waals surface area (Å²) in [6.45, 7) is 2.03. The van der Waals surface area contributed by atoms with Gasteiger partial charge in [0.15, 0.2) is 5.65 Å². The second kappa shape index (κ2) is 8.63. The highest BCUT2D eigenvalue weighted by atomic mass is 32.2. The minimum absolute atomic E-state index is 0.0457. The number of nitrogens with one attached hydrogen (secondary N) is 4. The normalized spacial score (nSPS) is 11.7. The SMILES string of the molecule is Cc1ccc(S(=O)(=O)NCCNC(=O)CCc2nc3c([nH]2)c(=O)[nH]c(=O)n3C)cc1. The second-order valence-electron chi connectivity index (χ2n) is 6.76. The van der Waals surface area contributed by atoms with Crippen molar-refractivity contribution in [2.75, 3.05) is 13.1 Å². The molecular formula is C18H22N6O5S. The van der Waals surface area contributed by atoms with Gasteiger partial charge >= 0.3 is 5.69 Å². The number of imidazole rings is 1. The van der Waals surface area contributed by atoms with Gasteiger partial charge in [0.1, 0.15) is 11.3 Å². The molecule has 4 N–H and O–H groups in total. The molecule has 1 aromatic carbocycles. The van der Waals surface area contributed by atoms with Gasteiger partial charge in [0.05, 0.1) is 4.90 Å². The Labute approximate surface area is 171 Å². The summed E-state index contributed by atoms with van der Waals surface area (Å²) in [4.78, 5) is 44.7. The van der Waals surface area contributed by atoms with Crippen LogP contribution in [0.5, 0.6) is 0 Å². The number of aryl methyl sites for hydroxylation is 3. The van der Waals surface area contributed by atoms with E-state index in [0.29, 0.717) is 5.82 Å². The molecular weight excluding hydrogens is 412 g/mol. The number of rotatable bonds is 8. The van der Waals surface area contributed by atoms with Gasteiger partial charge in [0, 0.05) is 33.0 Å². The summed E-state index contributed by atoms with van der Waals surface area (Å²) in [5.41, 5.74) is 0.189. The van der Waals surface area contributed by atoms with Crippen LogP contribution in [0, 0.1) is 6.92 Å². The van der Waals surface area contributed by atoms with Gasteiger partial charge in [-0.3, -0.25) is 19.1 Å². The van der Waals surface area contributed by atoms with E-state index in [0.717, 1.165) is 5.56 Å². The lowest BCUT2D eigenvalue weighted by Crippen LogP contribution is -2.34. The van der Waals surface area contributed by atoms with Crippen LogP contribution in [0.3, 0.4) is 0 Å². The van der Waals surface area contributed by atoms with Crippen LogP contribution in [0.2, 0.25) is 0 Å². The molecule has 0 aliphatic carbocycles. The fourth-order valence-electron chi connectivity index (χ4n) is 2.78. The fraction of sp³-hybridized carbons (Fsp3) is 0.333. The second-order valence-corrected chi connectivity index (χ2v) is 8.53. The molecule has 11 nitrogen and oxygen atoms in total. The van der Waals surface area contributed by atoms with Crippen molar-refractivity contribution >= 4 is 27.1 Å². The Kier molecular flexibility index (Phi) is 6.17. The molecule has 0 aliphatic rings. The van der Waals surface area contributed by atoms with E-state index in [-0.39, 0.29) is 47.9 Å². The first-order valence-corrected chi connectivity index (χ1v) is 10.7. The molecule has 0 bridgehead atoms. The third-order valence-electron chi connectivity index (χ3n) is 4.46. The van der Waals surface area contributed by atoms with Gasteiger partial charge in [0.2, 0.25) is 15.9 Å². The van der Waals surface area contributed by atoms with Gasteiger partial charge in [0.25, 0.3) is 5.56 Å². The van der Waals surface area contributed by atoms with E-state index in [1.165, 1.54) is 23.7 Å². The Balaban J connectivity index is 1.48. The van der Waals surface area contributed by atoms with Crippen LogP contribution >= 0.6 is 0 Å². The van der Waals surface area contributed by atoms with E-state index < -0.39 is 21.3 Å². The molecule has 0 saturated heterocycles. The number of aromatic nitrogens is 4. The average molecular weight is 434 g/mol. The summed E-state index contributed by atoms with van der Waals surface area (Å²) in [7, 11) is -2.15. The van der Waals surface area contributed by atoms with Crippen molar-refractivity contribution in [1.82, 2.24) is 29.6 Å². The van der Waals surface area contributed by atoms with Crippen LogP contribution < -0.4 is 21.3 Å². The van der Waals surface area contributed by atoms with Crippen molar-refractivity contribution < 1.29 is 13.2 Å². The van der Waals surface area contributed by atoms with Crippen molar-refractivity contribution in [1.29, 1.82) is 0 Å². The Morgan fingerprint density at radius 2 is 1.83 bits per heavy atom. The third kappa shape index (κ3) is 4.83. The molecule has 0 aliphatic heterocycles. The van der Waals surface area contributed by atoms with E-state index in [4.69, 9.17) is 0 Å². The number of amides is 1. The van der Waals surface area contributed by atoms with Crippen LogP contribution in [0.1, 0.15) is 17.8 Å². The van der Waals surface area contributed by atoms with Gasteiger partial charge in [-0.1, -0.05) is 17.7 Å². The number of nitrogens with zero attached hydrogens (tertiary/aromatic N) is 2. The van der Waals surface area contributed by atoms with E-state index in [1.807, 2.05) is 6.92 Å². The van der Waals surface area contributed by atoms with Crippen LogP contribution in [-0.2, 0) is 28.3 Å². The molecule has 12 heteroatoms. The number of carbonyl (C=O) groups is 1. The first-order chi connectivity index (χ1) is 14.2. The van der Waals surface area contributed by atoms with E-state index in [9.17, 15) is 22.8 Å². The average Bonchev–Trinajstić information content (AvgIpc) is 3.13. The van der Waals surface area contributed by atoms with E-state index in [1.54, 1.807) is 12.1 Å². The Morgan fingerprint density at radius 1 is 1.13 bits per heavy atom. The van der Waals surface area contributed by atoms with Gasteiger partial charge in [-0.05, 0) is 19.1 Å². The number of benzene rings is 1. The number of hydrogen-bond donors (Lipinski definition) is 4.